The van der Waals surface area contributed by atoms with Gasteiger partial charge in [-0.2, -0.15) is 0 Å². The minimum atomic E-state index is -3.60. The van der Waals surface area contributed by atoms with Gasteiger partial charge in [0.2, 0.25) is 0 Å². The van der Waals surface area contributed by atoms with Gasteiger partial charge < -0.3 is 0 Å². The van der Waals surface area contributed by atoms with E-state index < -0.39 is 16.3 Å². The monoisotopic (exact) mass is 295 g/mol. The second-order valence-electron chi connectivity index (χ2n) is 4.08. The first-order valence-corrected chi connectivity index (χ1v) is 7.42. The van der Waals surface area contributed by atoms with Gasteiger partial charge in [0.25, 0.3) is 10.0 Å². The summed E-state index contributed by atoms with van der Waals surface area (Å²) in [4.78, 5) is 5.38. The quantitative estimate of drug-likeness (QED) is 0.818. The van der Waals surface area contributed by atoms with Crippen LogP contribution in [0.5, 0.6) is 0 Å². The van der Waals surface area contributed by atoms with E-state index >= 15 is 0 Å². The summed E-state index contributed by atoms with van der Waals surface area (Å²) in [6, 6.07) is 15.1. The van der Waals surface area contributed by atoms with Crippen LogP contribution in [0.15, 0.2) is 59.5 Å². The van der Waals surface area contributed by atoms with Crippen molar-refractivity contribution in [3.63, 3.8) is 0 Å². The van der Waals surface area contributed by atoms with Crippen molar-refractivity contribution in [3.8, 4) is 0 Å². The van der Waals surface area contributed by atoms with Crippen LogP contribution in [0.4, 0.5) is 0 Å². The smallest absolute Gasteiger partial charge is 0.253 e. The van der Waals surface area contributed by atoms with Crippen LogP contribution in [0, 0.1) is 0 Å². The highest BCUT2D eigenvalue weighted by atomic mass is 35.5. The topological polar surface area (TPSA) is 49.7 Å². The average molecular weight is 296 g/mol. The Bertz CT molecular complexity index is 686. The van der Waals surface area contributed by atoms with Crippen LogP contribution in [-0.4, -0.2) is 12.9 Å². The maximum Gasteiger partial charge on any atom is 0.267 e. The number of sulfonamides is 1. The third kappa shape index (κ3) is 2.37. The highest BCUT2D eigenvalue weighted by molar-refractivity contribution is 7.89. The van der Waals surface area contributed by atoms with Gasteiger partial charge in [0.05, 0.1) is 4.90 Å². The van der Waals surface area contributed by atoms with Gasteiger partial charge in [-0.05, 0) is 28.7 Å². The van der Waals surface area contributed by atoms with E-state index in [1.54, 1.807) is 42.5 Å². The molecule has 0 N–H and O–H groups in total. The lowest BCUT2D eigenvalue weighted by Gasteiger charge is -2.01. The summed E-state index contributed by atoms with van der Waals surface area (Å²) in [6.45, 7) is 0. The Hall–Kier alpha value is -1.40. The van der Waals surface area contributed by atoms with Gasteiger partial charge in [-0.1, -0.05) is 41.9 Å². The van der Waals surface area contributed by atoms with Crippen LogP contribution in [0.25, 0.3) is 0 Å². The van der Waals surface area contributed by atoms with Crippen molar-refractivity contribution in [1.29, 1.82) is 0 Å². The first-order chi connectivity index (χ1) is 9.09. The summed E-state index contributed by atoms with van der Waals surface area (Å²) < 4.78 is 25.4. The van der Waals surface area contributed by atoms with Gasteiger partial charge in [0.15, 0.2) is 6.23 Å². The molecule has 1 fully saturated rings. The van der Waals surface area contributed by atoms with Gasteiger partial charge in [-0.3, -0.25) is 4.84 Å². The van der Waals surface area contributed by atoms with Crippen LogP contribution < -0.4 is 0 Å². The standard InChI is InChI=1S/C13H10ClNO3S/c14-11-8-6-10(7-9-11)13-15(18-13)19(16,17)12-4-2-1-3-5-12/h1-9,13H/t13-,15?/m0/s1. The van der Waals surface area contributed by atoms with Crippen molar-refractivity contribution in [1.82, 2.24) is 4.47 Å². The first-order valence-electron chi connectivity index (χ1n) is 5.61. The van der Waals surface area contributed by atoms with E-state index in [-0.39, 0.29) is 4.90 Å². The van der Waals surface area contributed by atoms with Crippen molar-refractivity contribution in [2.75, 3.05) is 0 Å². The van der Waals surface area contributed by atoms with Crippen LogP contribution >= 0.6 is 11.6 Å². The molecule has 0 aromatic heterocycles. The molecule has 1 saturated heterocycles. The van der Waals surface area contributed by atoms with E-state index in [1.165, 1.54) is 12.1 Å². The third-order valence-corrected chi connectivity index (χ3v) is 4.65. The van der Waals surface area contributed by atoms with E-state index in [0.29, 0.717) is 5.02 Å². The van der Waals surface area contributed by atoms with Gasteiger partial charge in [-0.15, -0.1) is 0 Å². The van der Waals surface area contributed by atoms with Crippen LogP contribution in [0.3, 0.4) is 0 Å². The van der Waals surface area contributed by atoms with E-state index in [9.17, 15) is 8.42 Å². The van der Waals surface area contributed by atoms with Crippen molar-refractivity contribution in [2.45, 2.75) is 11.1 Å². The van der Waals surface area contributed by atoms with Gasteiger partial charge >= 0.3 is 0 Å². The van der Waals surface area contributed by atoms with E-state index in [2.05, 4.69) is 0 Å². The molecule has 0 aliphatic carbocycles. The molecular formula is C13H10ClNO3S. The maximum absolute atomic E-state index is 12.2. The summed E-state index contributed by atoms with van der Waals surface area (Å²) >= 11 is 5.79. The summed E-state index contributed by atoms with van der Waals surface area (Å²) in [7, 11) is -3.60. The molecule has 0 spiro atoms. The lowest BCUT2D eigenvalue weighted by molar-refractivity contribution is 0.283. The Morgan fingerprint density at radius 2 is 1.63 bits per heavy atom. The van der Waals surface area contributed by atoms with E-state index in [4.69, 9.17) is 16.4 Å². The lowest BCUT2D eigenvalue weighted by Crippen LogP contribution is -2.12. The fourth-order valence-electron chi connectivity index (χ4n) is 1.76. The molecule has 1 aliphatic heterocycles. The molecule has 0 bridgehead atoms. The van der Waals surface area contributed by atoms with E-state index in [0.717, 1.165) is 10.0 Å². The fourth-order valence-corrected chi connectivity index (χ4v) is 3.16. The van der Waals surface area contributed by atoms with Crippen LogP contribution in [-0.2, 0) is 14.9 Å². The van der Waals surface area contributed by atoms with Crippen LogP contribution in [0.1, 0.15) is 11.8 Å². The predicted molar refractivity (Wildman–Crippen MR) is 70.7 cm³/mol. The zero-order valence-corrected chi connectivity index (χ0v) is 11.3. The number of hydrogen-bond donors (Lipinski definition) is 0. The Kier molecular flexibility index (Phi) is 3.06. The Balaban J connectivity index is 1.85. The predicted octanol–water partition coefficient (Wildman–Crippen LogP) is 2.97. The second-order valence-corrected chi connectivity index (χ2v) is 6.30. The van der Waals surface area contributed by atoms with Crippen molar-refractivity contribution < 1.29 is 13.3 Å². The largest absolute Gasteiger partial charge is 0.267 e. The molecule has 1 unspecified atom stereocenters. The average Bonchev–Trinajstić information content (AvgIpc) is 3.22. The first kappa shape index (κ1) is 12.6. The van der Waals surface area contributed by atoms with Gasteiger partial charge in [0, 0.05) is 10.6 Å². The molecule has 1 aliphatic rings. The molecule has 6 heteroatoms. The SMILES string of the molecule is O=S(=O)(c1ccccc1)N1O[C@H]1c1ccc(Cl)cc1. The Labute approximate surface area is 116 Å². The summed E-state index contributed by atoms with van der Waals surface area (Å²) in [5.41, 5.74) is 0.754. The number of benzene rings is 2. The Morgan fingerprint density at radius 1 is 1.00 bits per heavy atom. The molecule has 0 radical (unpaired) electrons. The van der Waals surface area contributed by atoms with Crippen LogP contribution in [0.2, 0.25) is 5.02 Å². The molecule has 0 saturated carbocycles. The highest BCUT2D eigenvalue weighted by Gasteiger charge is 2.48. The van der Waals surface area contributed by atoms with Crippen molar-refractivity contribution in [2.24, 2.45) is 0 Å². The summed E-state index contributed by atoms with van der Waals surface area (Å²) in [5.74, 6) is 0. The molecule has 2 aromatic carbocycles. The summed E-state index contributed by atoms with van der Waals surface area (Å²) in [5, 5.41) is 0.599. The zero-order chi connectivity index (χ0) is 13.5. The fraction of sp³-hybridized carbons (Fsp3) is 0.0769. The highest BCUT2D eigenvalue weighted by Crippen LogP contribution is 2.42. The molecule has 3 rings (SSSR count). The molecule has 2 atom stereocenters. The number of nitrogens with zero attached hydrogens (tertiary/aromatic N) is 1. The van der Waals surface area contributed by atoms with Gasteiger partial charge in [-0.25, -0.2) is 8.42 Å². The van der Waals surface area contributed by atoms with Gasteiger partial charge in [0.1, 0.15) is 0 Å². The summed E-state index contributed by atoms with van der Waals surface area (Å²) in [6.07, 6.45) is -0.567. The number of halogens is 1. The number of rotatable bonds is 3. The van der Waals surface area contributed by atoms with E-state index in [1.807, 2.05) is 0 Å². The number of hydrogen-bond acceptors (Lipinski definition) is 3. The third-order valence-electron chi connectivity index (χ3n) is 2.78. The molecule has 19 heavy (non-hydrogen) atoms. The normalized spacial score (nSPS) is 22.2. The second kappa shape index (κ2) is 4.61. The molecule has 98 valence electrons. The molecule has 4 nitrogen and oxygen atoms in total. The van der Waals surface area contributed by atoms with Crippen molar-refractivity contribution in [3.05, 3.63) is 65.2 Å². The maximum atomic E-state index is 12.2. The molecular weight excluding hydrogens is 286 g/mol. The minimum absolute atomic E-state index is 0.214. The molecule has 1 heterocycles. The minimum Gasteiger partial charge on any atom is -0.253 e. The number of hydroxylamine groups is 1. The Morgan fingerprint density at radius 3 is 2.26 bits per heavy atom. The zero-order valence-electron chi connectivity index (χ0n) is 9.73. The molecule has 2 aromatic rings. The molecule has 0 amide bonds. The lowest BCUT2D eigenvalue weighted by atomic mass is 10.2. The van der Waals surface area contributed by atoms with Crippen molar-refractivity contribution >= 4 is 21.6 Å².